The molecule has 2 rings (SSSR count). The Balaban J connectivity index is 1.70. The predicted molar refractivity (Wildman–Crippen MR) is 78.0 cm³/mol. The maximum atomic E-state index is 11.9. The number of urea groups is 1. The van der Waals surface area contributed by atoms with Crippen LogP contribution in [-0.4, -0.2) is 50.2 Å². The number of sulfonamides is 1. The SMILES string of the molecule is CS(=O)(=O)N1CCC(NC(=O)NC2CCCCC2)CC1. The highest BCUT2D eigenvalue weighted by Gasteiger charge is 2.26. The summed E-state index contributed by atoms with van der Waals surface area (Å²) in [6.07, 6.45) is 8.39. The van der Waals surface area contributed by atoms with E-state index in [1.54, 1.807) is 0 Å². The zero-order valence-electron chi connectivity index (χ0n) is 12.1. The first-order valence-corrected chi connectivity index (χ1v) is 9.32. The number of carbonyl (C=O) groups is 1. The Morgan fingerprint density at radius 1 is 0.950 bits per heavy atom. The second-order valence-corrected chi connectivity index (χ2v) is 7.87. The molecule has 20 heavy (non-hydrogen) atoms. The molecule has 0 bridgehead atoms. The highest BCUT2D eigenvalue weighted by atomic mass is 32.2. The van der Waals surface area contributed by atoms with Gasteiger partial charge in [-0.2, -0.15) is 0 Å². The molecule has 1 heterocycles. The van der Waals surface area contributed by atoms with Crippen LogP contribution in [0, 0.1) is 0 Å². The fourth-order valence-electron chi connectivity index (χ4n) is 2.99. The van der Waals surface area contributed by atoms with E-state index in [1.807, 2.05) is 0 Å². The van der Waals surface area contributed by atoms with Crippen molar-refractivity contribution in [3.05, 3.63) is 0 Å². The van der Waals surface area contributed by atoms with Crippen LogP contribution in [0.3, 0.4) is 0 Å². The van der Waals surface area contributed by atoms with Crippen molar-refractivity contribution in [3.63, 3.8) is 0 Å². The average molecular weight is 303 g/mol. The molecule has 1 aliphatic carbocycles. The van der Waals surface area contributed by atoms with E-state index in [-0.39, 0.29) is 12.1 Å². The van der Waals surface area contributed by atoms with Gasteiger partial charge >= 0.3 is 6.03 Å². The van der Waals surface area contributed by atoms with Crippen LogP contribution >= 0.6 is 0 Å². The maximum absolute atomic E-state index is 11.9. The Morgan fingerprint density at radius 3 is 1.95 bits per heavy atom. The normalized spacial score (nSPS) is 23.4. The Hall–Kier alpha value is -0.820. The number of nitrogens with one attached hydrogen (secondary N) is 2. The predicted octanol–water partition coefficient (Wildman–Crippen LogP) is 1.04. The van der Waals surface area contributed by atoms with Gasteiger partial charge in [-0.05, 0) is 25.7 Å². The number of rotatable bonds is 3. The lowest BCUT2D eigenvalue weighted by Gasteiger charge is -2.31. The molecular weight excluding hydrogens is 278 g/mol. The van der Waals surface area contributed by atoms with Gasteiger partial charge in [0, 0.05) is 25.2 Å². The van der Waals surface area contributed by atoms with E-state index in [0.717, 1.165) is 12.8 Å². The van der Waals surface area contributed by atoms with Crippen molar-refractivity contribution in [2.24, 2.45) is 0 Å². The van der Waals surface area contributed by atoms with Crippen LogP contribution in [0.25, 0.3) is 0 Å². The van der Waals surface area contributed by atoms with Crippen LogP contribution in [0.2, 0.25) is 0 Å². The first-order chi connectivity index (χ1) is 9.45. The average Bonchev–Trinajstić information content (AvgIpc) is 2.39. The molecule has 1 saturated carbocycles. The van der Waals surface area contributed by atoms with E-state index in [0.29, 0.717) is 32.0 Å². The molecule has 2 aliphatic rings. The number of hydrogen-bond donors (Lipinski definition) is 2. The van der Waals surface area contributed by atoms with Gasteiger partial charge < -0.3 is 10.6 Å². The van der Waals surface area contributed by atoms with Gasteiger partial charge in [-0.25, -0.2) is 17.5 Å². The maximum Gasteiger partial charge on any atom is 0.315 e. The Bertz CT molecular complexity index is 424. The first-order valence-electron chi connectivity index (χ1n) is 7.47. The van der Waals surface area contributed by atoms with Gasteiger partial charge in [-0.1, -0.05) is 19.3 Å². The summed E-state index contributed by atoms with van der Waals surface area (Å²) in [7, 11) is -3.10. The molecule has 2 amide bonds. The lowest BCUT2D eigenvalue weighted by Crippen LogP contribution is -2.51. The molecule has 0 aromatic heterocycles. The van der Waals surface area contributed by atoms with Gasteiger partial charge in [0.1, 0.15) is 0 Å². The third-order valence-electron chi connectivity index (χ3n) is 4.20. The fourth-order valence-corrected chi connectivity index (χ4v) is 3.87. The van der Waals surface area contributed by atoms with Crippen molar-refractivity contribution in [1.29, 1.82) is 0 Å². The van der Waals surface area contributed by atoms with E-state index in [9.17, 15) is 13.2 Å². The fraction of sp³-hybridized carbons (Fsp3) is 0.923. The Labute approximate surface area is 121 Å². The second-order valence-electron chi connectivity index (χ2n) is 5.89. The summed E-state index contributed by atoms with van der Waals surface area (Å²) in [4.78, 5) is 11.9. The second kappa shape index (κ2) is 6.76. The first kappa shape index (κ1) is 15.6. The molecule has 0 aromatic rings. The Kier molecular flexibility index (Phi) is 5.26. The molecule has 2 fully saturated rings. The minimum absolute atomic E-state index is 0.0802. The monoisotopic (exact) mass is 303 g/mol. The lowest BCUT2D eigenvalue weighted by atomic mass is 9.96. The summed E-state index contributed by atoms with van der Waals surface area (Å²) in [5.41, 5.74) is 0. The molecule has 0 unspecified atom stereocenters. The highest BCUT2D eigenvalue weighted by molar-refractivity contribution is 7.88. The number of nitrogens with zero attached hydrogens (tertiary/aromatic N) is 1. The molecule has 2 N–H and O–H groups in total. The third kappa shape index (κ3) is 4.63. The van der Waals surface area contributed by atoms with E-state index in [2.05, 4.69) is 10.6 Å². The van der Waals surface area contributed by atoms with Gasteiger partial charge in [-0.3, -0.25) is 0 Å². The summed E-state index contributed by atoms with van der Waals surface area (Å²) in [6, 6.07) is 0.283. The van der Waals surface area contributed by atoms with Crippen molar-refractivity contribution < 1.29 is 13.2 Å². The van der Waals surface area contributed by atoms with Gasteiger partial charge in [0.25, 0.3) is 0 Å². The van der Waals surface area contributed by atoms with Crippen LogP contribution in [-0.2, 0) is 10.0 Å². The Morgan fingerprint density at radius 2 is 1.45 bits per heavy atom. The van der Waals surface area contributed by atoms with Crippen molar-refractivity contribution in [3.8, 4) is 0 Å². The minimum Gasteiger partial charge on any atom is -0.335 e. The zero-order valence-corrected chi connectivity index (χ0v) is 12.9. The molecule has 0 atom stereocenters. The smallest absolute Gasteiger partial charge is 0.315 e. The molecule has 7 heteroatoms. The number of carbonyl (C=O) groups excluding carboxylic acids is 1. The summed E-state index contributed by atoms with van der Waals surface area (Å²) >= 11 is 0. The summed E-state index contributed by atoms with van der Waals surface area (Å²) in [5.74, 6) is 0. The van der Waals surface area contributed by atoms with Crippen molar-refractivity contribution in [1.82, 2.24) is 14.9 Å². The van der Waals surface area contributed by atoms with Gasteiger partial charge in [0.2, 0.25) is 10.0 Å². The summed E-state index contributed by atoms with van der Waals surface area (Å²) in [6.45, 7) is 0.987. The van der Waals surface area contributed by atoms with Crippen LogP contribution in [0.5, 0.6) is 0 Å². The van der Waals surface area contributed by atoms with Crippen molar-refractivity contribution >= 4 is 16.1 Å². The molecule has 1 aliphatic heterocycles. The van der Waals surface area contributed by atoms with Crippen LogP contribution in [0.1, 0.15) is 44.9 Å². The topological polar surface area (TPSA) is 78.5 Å². The summed E-state index contributed by atoms with van der Waals surface area (Å²) in [5, 5.41) is 5.99. The molecule has 1 saturated heterocycles. The van der Waals surface area contributed by atoms with Crippen LogP contribution < -0.4 is 10.6 Å². The molecule has 0 aromatic carbocycles. The molecule has 6 nitrogen and oxygen atoms in total. The minimum atomic E-state index is -3.10. The van der Waals surface area contributed by atoms with Crippen LogP contribution in [0.4, 0.5) is 4.79 Å². The zero-order chi connectivity index (χ0) is 14.6. The lowest BCUT2D eigenvalue weighted by molar-refractivity contribution is 0.220. The van der Waals surface area contributed by atoms with E-state index >= 15 is 0 Å². The molecule has 0 spiro atoms. The largest absolute Gasteiger partial charge is 0.335 e. The standard InChI is InChI=1S/C13H25N3O3S/c1-20(18,19)16-9-7-12(8-10-16)15-13(17)14-11-5-3-2-4-6-11/h11-12H,2-10H2,1H3,(H2,14,15,17). The van der Waals surface area contributed by atoms with Gasteiger partial charge in [0.15, 0.2) is 0 Å². The highest BCUT2D eigenvalue weighted by Crippen LogP contribution is 2.17. The third-order valence-corrected chi connectivity index (χ3v) is 5.50. The van der Waals surface area contributed by atoms with E-state index in [4.69, 9.17) is 0 Å². The molecule has 0 radical (unpaired) electrons. The van der Waals surface area contributed by atoms with E-state index in [1.165, 1.54) is 29.8 Å². The summed E-state index contributed by atoms with van der Waals surface area (Å²) < 4.78 is 24.3. The van der Waals surface area contributed by atoms with Gasteiger partial charge in [-0.15, -0.1) is 0 Å². The van der Waals surface area contributed by atoms with Crippen LogP contribution in [0.15, 0.2) is 0 Å². The number of amides is 2. The quantitative estimate of drug-likeness (QED) is 0.818. The number of hydrogen-bond acceptors (Lipinski definition) is 3. The van der Waals surface area contributed by atoms with Gasteiger partial charge in [0.05, 0.1) is 6.26 Å². The van der Waals surface area contributed by atoms with E-state index < -0.39 is 10.0 Å². The number of piperidine rings is 1. The molecular formula is C13H25N3O3S. The van der Waals surface area contributed by atoms with Crippen molar-refractivity contribution in [2.75, 3.05) is 19.3 Å². The molecule has 116 valence electrons. The van der Waals surface area contributed by atoms with Crippen molar-refractivity contribution in [2.45, 2.75) is 57.0 Å².